The number of halogens is 2. The van der Waals surface area contributed by atoms with Crippen LogP contribution in [0.1, 0.15) is 50.6 Å². The summed E-state index contributed by atoms with van der Waals surface area (Å²) in [6.45, 7) is 1.92. The Balaban J connectivity index is 1.74. The number of aromatic nitrogens is 4. The summed E-state index contributed by atoms with van der Waals surface area (Å²) in [6.07, 6.45) is 7.24. The highest BCUT2D eigenvalue weighted by Gasteiger charge is 2.30. The number of rotatable bonds is 5. The first kappa shape index (κ1) is 19.7. The van der Waals surface area contributed by atoms with E-state index < -0.39 is 5.82 Å². The maximum atomic E-state index is 14.7. The molecule has 0 amide bonds. The molecule has 0 atom stereocenters. The Bertz CT molecular complexity index is 1010. The molecular weight excluding hydrogens is 391 g/mol. The summed E-state index contributed by atoms with van der Waals surface area (Å²) < 4.78 is 14.7. The minimum Gasteiger partial charge on any atom is -0.299 e. The van der Waals surface area contributed by atoms with Crippen molar-refractivity contribution in [2.75, 3.05) is 0 Å². The van der Waals surface area contributed by atoms with E-state index in [4.69, 9.17) is 11.6 Å². The summed E-state index contributed by atoms with van der Waals surface area (Å²) in [7, 11) is 0. The van der Waals surface area contributed by atoms with Crippen molar-refractivity contribution in [3.63, 3.8) is 0 Å². The number of hydrogen-bond donors (Lipinski definition) is 1. The molecule has 1 saturated carbocycles. The molecule has 0 spiro atoms. The van der Waals surface area contributed by atoms with E-state index in [1.165, 1.54) is 12.4 Å². The molecule has 29 heavy (non-hydrogen) atoms. The van der Waals surface area contributed by atoms with Crippen LogP contribution in [0.25, 0.3) is 22.5 Å². The smallest absolute Gasteiger partial charge is 0.135 e. The highest BCUT2D eigenvalue weighted by molar-refractivity contribution is 6.30. The Kier molecular flexibility index (Phi) is 5.72. The molecule has 1 N–H and O–H groups in total. The minimum absolute atomic E-state index is 0.148. The van der Waals surface area contributed by atoms with Gasteiger partial charge in [-0.25, -0.2) is 14.4 Å². The lowest BCUT2D eigenvalue weighted by molar-refractivity contribution is -0.123. The van der Waals surface area contributed by atoms with Crippen LogP contribution in [0.15, 0.2) is 36.8 Å². The molecule has 5 nitrogen and oxygen atoms in total. The quantitative estimate of drug-likeness (QED) is 0.593. The summed E-state index contributed by atoms with van der Waals surface area (Å²) >= 11 is 5.92. The number of Topliss-reactive ketones (excluding diaryl/α,β-unsaturated/α-hetero) is 1. The van der Waals surface area contributed by atoms with Crippen LogP contribution in [0.4, 0.5) is 4.39 Å². The molecule has 0 aliphatic heterocycles. The molecule has 150 valence electrons. The van der Waals surface area contributed by atoms with Gasteiger partial charge in [-0.15, -0.1) is 0 Å². The maximum absolute atomic E-state index is 14.7. The number of nitrogens with zero attached hydrogens (tertiary/aromatic N) is 3. The van der Waals surface area contributed by atoms with E-state index in [2.05, 4.69) is 20.2 Å². The number of carbonyl (C=O) groups excluding carboxylic acids is 1. The highest BCUT2D eigenvalue weighted by atomic mass is 35.5. The van der Waals surface area contributed by atoms with E-state index >= 15 is 0 Å². The van der Waals surface area contributed by atoms with Crippen molar-refractivity contribution in [2.45, 2.75) is 44.9 Å². The number of H-pyrrole nitrogens is 1. The topological polar surface area (TPSA) is 71.5 Å². The molecule has 0 saturated heterocycles. The highest BCUT2D eigenvalue weighted by Crippen LogP contribution is 2.43. The van der Waals surface area contributed by atoms with Crippen molar-refractivity contribution in [1.29, 1.82) is 0 Å². The number of benzene rings is 1. The Hall–Kier alpha value is -2.60. The fraction of sp³-hybridized carbons (Fsp3) is 0.364. The fourth-order valence-corrected chi connectivity index (χ4v) is 4.38. The zero-order valence-corrected chi connectivity index (χ0v) is 16.9. The lowest BCUT2D eigenvalue weighted by atomic mass is 9.77. The summed E-state index contributed by atoms with van der Waals surface area (Å²) in [5.41, 5.74) is 3.31. The average molecular weight is 413 g/mol. The molecule has 3 aromatic rings. The van der Waals surface area contributed by atoms with Crippen molar-refractivity contribution in [1.82, 2.24) is 20.2 Å². The van der Waals surface area contributed by atoms with E-state index in [-0.39, 0.29) is 11.8 Å². The number of nitrogens with one attached hydrogen (secondary N) is 1. The molecule has 7 heteroatoms. The second-order valence-electron chi connectivity index (χ2n) is 7.45. The third-order valence-corrected chi connectivity index (χ3v) is 5.99. The van der Waals surface area contributed by atoms with Crippen LogP contribution in [-0.2, 0) is 4.79 Å². The van der Waals surface area contributed by atoms with Gasteiger partial charge >= 0.3 is 0 Å². The van der Waals surface area contributed by atoms with Crippen molar-refractivity contribution >= 4 is 17.4 Å². The first-order valence-electron chi connectivity index (χ1n) is 9.91. The number of aromatic amines is 1. The number of ketones is 1. The van der Waals surface area contributed by atoms with Gasteiger partial charge in [0.05, 0.1) is 5.69 Å². The van der Waals surface area contributed by atoms with Gasteiger partial charge in [-0.3, -0.25) is 9.89 Å². The van der Waals surface area contributed by atoms with Gasteiger partial charge in [-0.1, -0.05) is 18.5 Å². The average Bonchev–Trinajstić information content (AvgIpc) is 3.18. The molecular formula is C22H22ClFN4O. The van der Waals surface area contributed by atoms with Crippen LogP contribution >= 0.6 is 11.6 Å². The van der Waals surface area contributed by atoms with Gasteiger partial charge in [-0.05, 0) is 49.9 Å². The van der Waals surface area contributed by atoms with Gasteiger partial charge in [0, 0.05) is 46.3 Å². The number of hydrogen-bond acceptors (Lipinski definition) is 4. The first-order chi connectivity index (χ1) is 14.1. The van der Waals surface area contributed by atoms with Gasteiger partial charge in [0.2, 0.25) is 0 Å². The predicted molar refractivity (Wildman–Crippen MR) is 110 cm³/mol. The molecule has 1 aliphatic carbocycles. The van der Waals surface area contributed by atoms with Crippen LogP contribution in [0.3, 0.4) is 0 Å². The lowest BCUT2D eigenvalue weighted by Gasteiger charge is -2.27. The molecule has 4 rings (SSSR count). The van der Waals surface area contributed by atoms with E-state index in [0.29, 0.717) is 34.2 Å². The zero-order valence-electron chi connectivity index (χ0n) is 16.2. The Morgan fingerprint density at radius 1 is 1.24 bits per heavy atom. The third kappa shape index (κ3) is 3.94. The van der Waals surface area contributed by atoms with Gasteiger partial charge in [0.15, 0.2) is 0 Å². The van der Waals surface area contributed by atoms with E-state index in [1.807, 2.05) is 6.92 Å². The van der Waals surface area contributed by atoms with Crippen LogP contribution in [0.5, 0.6) is 0 Å². The molecule has 0 unspecified atom stereocenters. The molecule has 2 heterocycles. The second-order valence-corrected chi connectivity index (χ2v) is 7.88. The summed E-state index contributed by atoms with van der Waals surface area (Å²) in [4.78, 5) is 20.5. The fourth-order valence-electron chi connectivity index (χ4n) is 4.22. The largest absolute Gasteiger partial charge is 0.299 e. The molecule has 1 fully saturated rings. The van der Waals surface area contributed by atoms with Crippen molar-refractivity contribution < 1.29 is 9.18 Å². The van der Waals surface area contributed by atoms with Crippen LogP contribution < -0.4 is 0 Å². The van der Waals surface area contributed by atoms with Crippen molar-refractivity contribution in [3.05, 3.63) is 53.3 Å². The van der Waals surface area contributed by atoms with Crippen LogP contribution in [0, 0.1) is 11.7 Å². The summed E-state index contributed by atoms with van der Waals surface area (Å²) in [5, 5.41) is 7.95. The van der Waals surface area contributed by atoms with E-state index in [1.54, 1.807) is 24.4 Å². The monoisotopic (exact) mass is 412 g/mol. The number of carbonyl (C=O) groups is 1. The van der Waals surface area contributed by atoms with E-state index in [0.717, 1.165) is 36.9 Å². The molecule has 0 radical (unpaired) electrons. The first-order valence-corrected chi connectivity index (χ1v) is 10.3. The second kappa shape index (κ2) is 8.41. The molecule has 1 aliphatic rings. The summed E-state index contributed by atoms with van der Waals surface area (Å²) in [5.74, 6) is 0.281. The normalized spacial score (nSPS) is 19.3. The van der Waals surface area contributed by atoms with Crippen LogP contribution in [0.2, 0.25) is 5.02 Å². The lowest BCUT2D eigenvalue weighted by Crippen LogP contribution is -2.21. The van der Waals surface area contributed by atoms with Crippen molar-refractivity contribution in [2.24, 2.45) is 5.92 Å². The Morgan fingerprint density at radius 3 is 2.69 bits per heavy atom. The van der Waals surface area contributed by atoms with Gasteiger partial charge in [0.25, 0.3) is 0 Å². The Labute approximate surface area is 173 Å². The maximum Gasteiger partial charge on any atom is 0.135 e. The predicted octanol–water partition coefficient (Wildman–Crippen LogP) is 5.58. The zero-order chi connectivity index (χ0) is 20.4. The third-order valence-electron chi connectivity index (χ3n) is 5.76. The molecule has 1 aromatic carbocycles. The van der Waals surface area contributed by atoms with E-state index in [9.17, 15) is 9.18 Å². The summed E-state index contributed by atoms with van der Waals surface area (Å²) in [6, 6.07) is 6.38. The standard InChI is InChI=1S/C22H22ClFN4O/c1-2-19(29)13-3-5-14(6-4-13)21-20(18-9-10-25-12-26-18)22(28-27-21)16-8-7-15(23)11-17(16)24/h7-14H,2-6H2,1H3,(H,27,28). The van der Waals surface area contributed by atoms with Crippen molar-refractivity contribution in [3.8, 4) is 22.5 Å². The van der Waals surface area contributed by atoms with Gasteiger partial charge < -0.3 is 0 Å². The Morgan fingerprint density at radius 2 is 2.03 bits per heavy atom. The van der Waals surface area contributed by atoms with Crippen LogP contribution in [-0.4, -0.2) is 25.9 Å². The van der Waals surface area contributed by atoms with Gasteiger partial charge in [0.1, 0.15) is 23.6 Å². The SMILES string of the molecule is CCC(=O)C1CCC(c2[nH]nc(-c3ccc(Cl)cc3F)c2-c2ccncn2)CC1. The molecule has 2 aromatic heterocycles. The van der Waals surface area contributed by atoms with Gasteiger partial charge in [-0.2, -0.15) is 5.10 Å². The molecule has 0 bridgehead atoms. The minimum atomic E-state index is -0.428.